The molecule has 4 fully saturated rings. The number of hydrogen-bond donors (Lipinski definition) is 1. The number of rotatable bonds is 0. The van der Waals surface area contributed by atoms with Crippen molar-refractivity contribution in [3.63, 3.8) is 0 Å². The molecule has 0 aromatic heterocycles. The van der Waals surface area contributed by atoms with Gasteiger partial charge in [-0.25, -0.2) is 0 Å². The van der Waals surface area contributed by atoms with Gasteiger partial charge in [0.2, 0.25) is 0 Å². The Labute approximate surface area is 145 Å². The highest BCUT2D eigenvalue weighted by Crippen LogP contribution is 2.65. The first kappa shape index (κ1) is 15.8. The zero-order chi connectivity index (χ0) is 16.6. The van der Waals surface area contributed by atoms with E-state index in [1.807, 2.05) is 0 Å². The Morgan fingerprint density at radius 1 is 1.00 bits per heavy atom. The lowest BCUT2D eigenvalue weighted by atomic mass is 9.47. The Bertz CT molecular complexity index is 563. The maximum atomic E-state index is 10.6. The predicted octanol–water partition coefficient (Wildman–Crippen LogP) is 4.05. The van der Waals surface area contributed by atoms with Gasteiger partial charge in [-0.3, -0.25) is 0 Å². The number of hydrogen-bond acceptors (Lipinski definition) is 3. The lowest BCUT2D eigenvalue weighted by Gasteiger charge is -2.58. The number of allylic oxidation sites excluding steroid dienone is 1. The van der Waals surface area contributed by atoms with Crippen molar-refractivity contribution in [1.82, 2.24) is 0 Å². The lowest BCUT2D eigenvalue weighted by molar-refractivity contribution is -0.185. The molecule has 1 N–H and O–H groups in total. The van der Waals surface area contributed by atoms with Crippen LogP contribution < -0.4 is 0 Å². The molecule has 1 aliphatic heterocycles. The molecule has 3 heteroatoms. The van der Waals surface area contributed by atoms with E-state index in [0.717, 1.165) is 50.2 Å². The second kappa shape index (κ2) is 5.08. The highest BCUT2D eigenvalue weighted by Gasteiger charge is 2.60. The molecule has 5 aliphatic rings. The molecule has 4 aliphatic carbocycles. The molecule has 6 atom stereocenters. The molecule has 1 heterocycles. The van der Waals surface area contributed by atoms with Crippen LogP contribution in [-0.2, 0) is 9.47 Å². The SMILES string of the molecule is C[C@]12CC[C@H]3[C@@H](CC=C4CC5(CC[C@@]43C)OCCO5)[C@@H]1CC[C@@H]2O. The minimum Gasteiger partial charge on any atom is -0.393 e. The van der Waals surface area contributed by atoms with Crippen molar-refractivity contribution in [2.75, 3.05) is 13.2 Å². The molecule has 0 amide bonds. The average Bonchev–Trinajstić information content (AvgIpc) is 3.14. The summed E-state index contributed by atoms with van der Waals surface area (Å²) in [6.45, 7) is 6.40. The van der Waals surface area contributed by atoms with Gasteiger partial charge < -0.3 is 14.6 Å². The maximum absolute atomic E-state index is 10.6. The number of aliphatic hydroxyl groups is 1. The van der Waals surface area contributed by atoms with E-state index in [2.05, 4.69) is 19.9 Å². The first-order valence-electron chi connectivity index (χ1n) is 10.1. The summed E-state index contributed by atoms with van der Waals surface area (Å²) in [5.41, 5.74) is 2.12. The molecular weight excluding hydrogens is 300 g/mol. The Morgan fingerprint density at radius 2 is 1.79 bits per heavy atom. The topological polar surface area (TPSA) is 38.7 Å². The van der Waals surface area contributed by atoms with Crippen LogP contribution in [0.5, 0.6) is 0 Å². The third kappa shape index (κ3) is 1.95. The molecule has 5 rings (SSSR count). The third-order valence-electron chi connectivity index (χ3n) is 8.87. The smallest absolute Gasteiger partial charge is 0.172 e. The van der Waals surface area contributed by atoms with Gasteiger partial charge in [-0.2, -0.15) is 0 Å². The highest BCUT2D eigenvalue weighted by molar-refractivity contribution is 5.26. The van der Waals surface area contributed by atoms with E-state index in [0.29, 0.717) is 5.41 Å². The zero-order valence-electron chi connectivity index (χ0n) is 15.2. The van der Waals surface area contributed by atoms with Crippen molar-refractivity contribution in [2.45, 2.75) is 77.1 Å². The van der Waals surface area contributed by atoms with Gasteiger partial charge in [0, 0.05) is 12.8 Å². The van der Waals surface area contributed by atoms with Crippen molar-refractivity contribution in [1.29, 1.82) is 0 Å². The van der Waals surface area contributed by atoms with E-state index in [-0.39, 0.29) is 17.3 Å². The van der Waals surface area contributed by atoms with Gasteiger partial charge in [-0.15, -0.1) is 0 Å². The summed E-state index contributed by atoms with van der Waals surface area (Å²) in [6.07, 6.45) is 11.7. The van der Waals surface area contributed by atoms with E-state index >= 15 is 0 Å². The van der Waals surface area contributed by atoms with Crippen molar-refractivity contribution in [3.05, 3.63) is 11.6 Å². The highest BCUT2D eigenvalue weighted by atomic mass is 16.7. The Hall–Kier alpha value is -0.380. The van der Waals surface area contributed by atoms with Crippen LogP contribution in [0.3, 0.4) is 0 Å². The van der Waals surface area contributed by atoms with Gasteiger partial charge in [-0.1, -0.05) is 25.5 Å². The van der Waals surface area contributed by atoms with Crippen LogP contribution in [-0.4, -0.2) is 30.2 Å². The zero-order valence-corrected chi connectivity index (χ0v) is 15.2. The van der Waals surface area contributed by atoms with Crippen molar-refractivity contribution < 1.29 is 14.6 Å². The first-order chi connectivity index (χ1) is 11.5. The van der Waals surface area contributed by atoms with Crippen LogP contribution in [0.1, 0.15) is 65.2 Å². The summed E-state index contributed by atoms with van der Waals surface area (Å²) in [4.78, 5) is 0. The van der Waals surface area contributed by atoms with Crippen LogP contribution >= 0.6 is 0 Å². The maximum Gasteiger partial charge on any atom is 0.172 e. The Kier molecular flexibility index (Phi) is 3.35. The molecule has 3 nitrogen and oxygen atoms in total. The molecule has 0 unspecified atom stereocenters. The van der Waals surface area contributed by atoms with Crippen LogP contribution in [0.4, 0.5) is 0 Å². The fourth-order valence-corrected chi connectivity index (χ4v) is 7.32. The van der Waals surface area contributed by atoms with E-state index in [1.54, 1.807) is 5.57 Å². The number of aliphatic hydroxyl groups excluding tert-OH is 1. The lowest BCUT2D eigenvalue weighted by Crippen LogP contribution is -2.52. The number of fused-ring (bicyclic) bond motifs is 5. The van der Waals surface area contributed by atoms with Crippen LogP contribution in [0.15, 0.2) is 11.6 Å². The van der Waals surface area contributed by atoms with Gasteiger partial charge in [0.1, 0.15) is 0 Å². The quantitative estimate of drug-likeness (QED) is 0.680. The fraction of sp³-hybridized carbons (Fsp3) is 0.905. The Balaban J connectivity index is 1.46. The van der Waals surface area contributed by atoms with Gasteiger partial charge >= 0.3 is 0 Å². The molecule has 0 aromatic carbocycles. The molecule has 1 spiro atoms. The summed E-state index contributed by atoms with van der Waals surface area (Å²) in [6, 6.07) is 0. The van der Waals surface area contributed by atoms with Gasteiger partial charge in [0.05, 0.1) is 19.3 Å². The van der Waals surface area contributed by atoms with Crippen molar-refractivity contribution >= 4 is 0 Å². The minimum atomic E-state index is -0.301. The van der Waals surface area contributed by atoms with E-state index in [4.69, 9.17) is 9.47 Å². The Morgan fingerprint density at radius 3 is 2.58 bits per heavy atom. The molecule has 3 saturated carbocycles. The molecule has 1 saturated heterocycles. The van der Waals surface area contributed by atoms with E-state index in [9.17, 15) is 5.11 Å². The standard InChI is InChI=1S/C21H32O3/c1-19-9-10-21(23-11-12-24-21)13-14(19)3-4-15-16-5-6-18(22)20(16,2)8-7-17(15)19/h3,15-18,22H,4-13H2,1-2H3/t15-,16-,17-,18-,19-,20-/m0/s1. The van der Waals surface area contributed by atoms with Crippen molar-refractivity contribution in [2.24, 2.45) is 28.6 Å². The normalized spacial score (nSPS) is 52.5. The molecule has 134 valence electrons. The second-order valence-corrected chi connectivity index (χ2v) is 9.68. The minimum absolute atomic E-state index is 0.0726. The van der Waals surface area contributed by atoms with Crippen LogP contribution in [0.2, 0.25) is 0 Å². The number of ether oxygens (including phenoxy) is 2. The summed E-state index contributed by atoms with van der Waals surface area (Å²) in [7, 11) is 0. The fourth-order valence-electron chi connectivity index (χ4n) is 7.32. The monoisotopic (exact) mass is 332 g/mol. The van der Waals surface area contributed by atoms with Gasteiger partial charge in [0.15, 0.2) is 5.79 Å². The van der Waals surface area contributed by atoms with E-state index < -0.39 is 0 Å². The summed E-state index contributed by atoms with van der Waals surface area (Å²) in [5.74, 6) is 1.98. The molecule has 24 heavy (non-hydrogen) atoms. The summed E-state index contributed by atoms with van der Waals surface area (Å²) in [5, 5.41) is 10.6. The van der Waals surface area contributed by atoms with Crippen LogP contribution in [0.25, 0.3) is 0 Å². The molecule has 0 bridgehead atoms. The van der Waals surface area contributed by atoms with Gasteiger partial charge in [-0.05, 0) is 67.1 Å². The first-order valence-corrected chi connectivity index (χ1v) is 10.1. The predicted molar refractivity (Wildman–Crippen MR) is 92.3 cm³/mol. The summed E-state index contributed by atoms with van der Waals surface area (Å²) < 4.78 is 12.0. The van der Waals surface area contributed by atoms with Gasteiger partial charge in [0.25, 0.3) is 0 Å². The second-order valence-electron chi connectivity index (χ2n) is 9.68. The molecule has 0 aromatic rings. The molecule has 0 radical (unpaired) electrons. The summed E-state index contributed by atoms with van der Waals surface area (Å²) >= 11 is 0. The third-order valence-corrected chi connectivity index (χ3v) is 8.87. The van der Waals surface area contributed by atoms with Crippen molar-refractivity contribution in [3.8, 4) is 0 Å². The van der Waals surface area contributed by atoms with Crippen LogP contribution in [0, 0.1) is 28.6 Å². The molecular formula is C21H32O3. The average molecular weight is 332 g/mol. The largest absolute Gasteiger partial charge is 0.393 e. The van der Waals surface area contributed by atoms with E-state index in [1.165, 1.54) is 32.1 Å².